The summed E-state index contributed by atoms with van der Waals surface area (Å²) in [6, 6.07) is 0. The molecule has 7 heavy (non-hydrogen) atoms. The molecule has 0 rings (SSSR count). The van der Waals surface area contributed by atoms with Crippen molar-refractivity contribution in [2.45, 2.75) is 3.42 Å². The standard InChI is InChI=1S/CH3Cl3Si.Ca.H2O.2H/c2-1(3,4)5;;;;/h5H3;;1H2;;/q;+2;;2*-1. The zero-order valence-electron chi connectivity index (χ0n) is 5.84. The quantitative estimate of drug-likeness (QED) is 0.388. The van der Waals surface area contributed by atoms with Crippen LogP contribution in [-0.2, 0) is 0 Å². The van der Waals surface area contributed by atoms with Gasteiger partial charge in [-0.25, -0.2) is 0 Å². The summed E-state index contributed by atoms with van der Waals surface area (Å²) in [6.45, 7) is 0. The average Bonchev–Trinajstić information content (AvgIpc) is 0.722. The van der Waals surface area contributed by atoms with E-state index in [9.17, 15) is 0 Å². The van der Waals surface area contributed by atoms with Gasteiger partial charge in [-0.15, -0.1) is 0 Å². The van der Waals surface area contributed by atoms with Crippen molar-refractivity contribution < 1.29 is 8.33 Å². The van der Waals surface area contributed by atoms with Gasteiger partial charge < -0.3 is 8.33 Å². The summed E-state index contributed by atoms with van der Waals surface area (Å²) in [5, 5.41) is 0. The molecule has 0 spiro atoms. The maximum absolute atomic E-state index is 5.12. The van der Waals surface area contributed by atoms with Gasteiger partial charge in [0, 0.05) is 0 Å². The van der Waals surface area contributed by atoms with E-state index < -0.39 is 3.42 Å². The van der Waals surface area contributed by atoms with Crippen LogP contribution in [0.25, 0.3) is 0 Å². The molecule has 0 atom stereocenters. The largest absolute Gasteiger partial charge is 2.00 e. The van der Waals surface area contributed by atoms with E-state index in [0.717, 1.165) is 0 Å². The third-order valence-corrected chi connectivity index (χ3v) is 0. The second-order valence-electron chi connectivity index (χ2n) is 0.781. The molecule has 0 radical (unpaired) electrons. The topological polar surface area (TPSA) is 31.5 Å². The fourth-order valence-electron chi connectivity index (χ4n) is 0. The molecule has 0 saturated carbocycles. The minimum absolute atomic E-state index is 0. The average molecular weight is 210 g/mol. The van der Waals surface area contributed by atoms with Gasteiger partial charge in [0.05, 0.1) is 10.2 Å². The van der Waals surface area contributed by atoms with Crippen LogP contribution in [0.5, 0.6) is 0 Å². The molecule has 0 unspecified atom stereocenters. The Morgan fingerprint density at radius 2 is 1.29 bits per heavy atom. The van der Waals surface area contributed by atoms with Gasteiger partial charge in [-0.3, -0.25) is 0 Å². The Morgan fingerprint density at radius 1 is 1.29 bits per heavy atom. The first kappa shape index (κ1) is 16.1. The summed E-state index contributed by atoms with van der Waals surface area (Å²) < 4.78 is -0.944. The van der Waals surface area contributed by atoms with E-state index in [1.54, 1.807) is 0 Å². The molecule has 6 heteroatoms. The van der Waals surface area contributed by atoms with Crippen LogP contribution in [0.2, 0.25) is 0 Å². The number of hydrogen-bond donors (Lipinski definition) is 0. The maximum atomic E-state index is 5.12. The summed E-state index contributed by atoms with van der Waals surface area (Å²) in [5.74, 6) is 0. The van der Waals surface area contributed by atoms with Crippen molar-refractivity contribution in [3.63, 3.8) is 0 Å². The molecule has 0 heterocycles. The molecule has 44 valence electrons. The normalized spacial score (nSPS) is 9.00. The van der Waals surface area contributed by atoms with Gasteiger partial charge in [0.2, 0.25) is 0 Å². The summed E-state index contributed by atoms with van der Waals surface area (Å²) in [5.41, 5.74) is 0. The number of hydrogen-bond acceptors (Lipinski definition) is 0. The van der Waals surface area contributed by atoms with Crippen molar-refractivity contribution in [1.82, 2.24) is 0 Å². The smallest absolute Gasteiger partial charge is 1.00 e. The number of rotatable bonds is 0. The molecule has 0 aliphatic carbocycles. The van der Waals surface area contributed by atoms with E-state index in [0.29, 0.717) is 10.2 Å². The van der Waals surface area contributed by atoms with Crippen LogP contribution in [0.15, 0.2) is 0 Å². The zero-order chi connectivity index (χ0) is 4.50. The first-order valence-electron chi connectivity index (χ1n) is 1.07. The fourth-order valence-corrected chi connectivity index (χ4v) is 0. The Bertz CT molecular complexity index is 37.3. The minimum Gasteiger partial charge on any atom is -1.00 e. The predicted molar refractivity (Wildman–Crippen MR) is 41.8 cm³/mol. The Balaban J connectivity index is -0.0000000133. The van der Waals surface area contributed by atoms with E-state index in [-0.39, 0.29) is 46.1 Å². The van der Waals surface area contributed by atoms with Crippen molar-refractivity contribution in [1.29, 1.82) is 0 Å². The van der Waals surface area contributed by atoms with Crippen LogP contribution in [0.4, 0.5) is 0 Å². The van der Waals surface area contributed by atoms with Crippen LogP contribution >= 0.6 is 34.8 Å². The van der Waals surface area contributed by atoms with Crippen molar-refractivity contribution in [2.75, 3.05) is 0 Å². The van der Waals surface area contributed by atoms with Gasteiger partial charge in [-0.05, 0) is 0 Å². The molecule has 0 aromatic carbocycles. The van der Waals surface area contributed by atoms with E-state index in [1.807, 2.05) is 0 Å². The Kier molecular flexibility index (Phi) is 14.8. The molecular formula is CH7CaCl3OSi. The number of alkyl halides is 3. The van der Waals surface area contributed by atoms with Gasteiger partial charge >= 0.3 is 37.7 Å². The molecule has 1 nitrogen and oxygen atoms in total. The third kappa shape index (κ3) is 62.1. The zero-order valence-corrected chi connectivity index (χ0v) is 10.3. The summed E-state index contributed by atoms with van der Waals surface area (Å²) in [7, 11) is 0.604. The van der Waals surface area contributed by atoms with Crippen molar-refractivity contribution in [3.8, 4) is 0 Å². The molecule has 0 saturated heterocycles. The Morgan fingerprint density at radius 3 is 1.29 bits per heavy atom. The van der Waals surface area contributed by atoms with Crippen LogP contribution in [0, 0.1) is 0 Å². The van der Waals surface area contributed by atoms with Gasteiger partial charge in [0.1, 0.15) is 0 Å². The molecule has 0 amide bonds. The second-order valence-corrected chi connectivity index (χ2v) is 7.03. The predicted octanol–water partition coefficient (Wildman–Crippen LogP) is -0.301. The molecule has 0 aromatic rings. The summed E-state index contributed by atoms with van der Waals surface area (Å²) in [4.78, 5) is 0. The molecule has 0 aliphatic rings. The first-order chi connectivity index (χ1) is 2.00. The molecule has 0 aromatic heterocycles. The van der Waals surface area contributed by atoms with Gasteiger partial charge in [0.25, 0.3) is 0 Å². The summed E-state index contributed by atoms with van der Waals surface area (Å²) >= 11 is 15.4. The van der Waals surface area contributed by atoms with E-state index in [4.69, 9.17) is 34.8 Å². The van der Waals surface area contributed by atoms with Crippen molar-refractivity contribution in [2.24, 2.45) is 0 Å². The first-order valence-corrected chi connectivity index (χ1v) is 3.20. The van der Waals surface area contributed by atoms with Crippen LogP contribution in [0.3, 0.4) is 0 Å². The van der Waals surface area contributed by atoms with E-state index in [1.165, 1.54) is 0 Å². The monoisotopic (exact) mass is 208 g/mol. The number of halogens is 3. The van der Waals surface area contributed by atoms with Crippen LogP contribution in [0.1, 0.15) is 2.85 Å². The maximum Gasteiger partial charge on any atom is 2.00 e. The minimum atomic E-state index is -0.944. The van der Waals surface area contributed by atoms with Crippen LogP contribution < -0.4 is 0 Å². The van der Waals surface area contributed by atoms with Crippen molar-refractivity contribution in [3.05, 3.63) is 0 Å². The molecule has 0 fully saturated rings. The van der Waals surface area contributed by atoms with E-state index >= 15 is 0 Å². The fraction of sp³-hybridized carbons (Fsp3) is 1.00. The second kappa shape index (κ2) is 6.43. The van der Waals surface area contributed by atoms with Crippen molar-refractivity contribution >= 4 is 82.8 Å². The molecule has 0 aliphatic heterocycles. The Hall–Kier alpha value is 2.31. The van der Waals surface area contributed by atoms with Gasteiger partial charge in [0.15, 0.2) is 3.42 Å². The van der Waals surface area contributed by atoms with E-state index in [2.05, 4.69) is 0 Å². The molecule has 2 N–H and O–H groups in total. The third-order valence-electron chi connectivity index (χ3n) is 0. The van der Waals surface area contributed by atoms with Gasteiger partial charge in [-0.2, -0.15) is 0 Å². The van der Waals surface area contributed by atoms with Crippen LogP contribution in [-0.4, -0.2) is 56.9 Å². The molecular weight excluding hydrogens is 203 g/mol. The Labute approximate surface area is 93.4 Å². The summed E-state index contributed by atoms with van der Waals surface area (Å²) in [6.07, 6.45) is 0. The molecule has 0 bridgehead atoms. The SMILES string of the molecule is O.[Ca+2].[H-].[H-].[SiH3]C(Cl)(Cl)Cl. The van der Waals surface area contributed by atoms with Gasteiger partial charge in [-0.1, -0.05) is 34.8 Å².